The summed E-state index contributed by atoms with van der Waals surface area (Å²) in [7, 11) is 0. The molecule has 0 saturated heterocycles. The number of imidazole rings is 1. The van der Waals surface area contributed by atoms with Gasteiger partial charge in [-0.15, -0.1) is 0 Å². The lowest BCUT2D eigenvalue weighted by Gasteiger charge is -2.08. The van der Waals surface area contributed by atoms with E-state index in [2.05, 4.69) is 65.9 Å². The summed E-state index contributed by atoms with van der Waals surface area (Å²) >= 11 is 0. The molecule has 0 fully saturated rings. The van der Waals surface area contributed by atoms with Gasteiger partial charge in [-0.05, 0) is 37.1 Å². The number of hydrogen-bond acceptors (Lipinski definition) is 2. The third-order valence-corrected chi connectivity index (χ3v) is 3.63. The molecule has 1 aromatic heterocycles. The predicted octanol–water partition coefficient (Wildman–Crippen LogP) is 3.16. The molecule has 0 bridgehead atoms. The number of nitrogens with two attached hydrogens (primary N) is 1. The molecule has 0 amide bonds. The highest BCUT2D eigenvalue weighted by Crippen LogP contribution is 2.19. The highest BCUT2D eigenvalue weighted by atomic mass is 15.1. The second-order valence-corrected chi connectivity index (χ2v) is 5.30. The lowest BCUT2D eigenvalue weighted by molar-refractivity contribution is 0.744. The topological polar surface area (TPSA) is 43.8 Å². The van der Waals surface area contributed by atoms with Crippen LogP contribution in [0.3, 0.4) is 0 Å². The van der Waals surface area contributed by atoms with Crippen molar-refractivity contribution < 1.29 is 0 Å². The summed E-state index contributed by atoms with van der Waals surface area (Å²) in [6.45, 7) is 5.46. The van der Waals surface area contributed by atoms with E-state index in [-0.39, 0.29) is 0 Å². The van der Waals surface area contributed by atoms with E-state index in [1.54, 1.807) is 0 Å². The van der Waals surface area contributed by atoms with Crippen LogP contribution in [-0.4, -0.2) is 9.55 Å². The fourth-order valence-electron chi connectivity index (χ4n) is 2.50. The van der Waals surface area contributed by atoms with Crippen LogP contribution in [0.1, 0.15) is 22.5 Å². The maximum Gasteiger partial charge on any atom is 0.123 e. The van der Waals surface area contributed by atoms with Gasteiger partial charge in [0.1, 0.15) is 5.82 Å². The minimum atomic E-state index is 0.458. The monoisotopic (exact) mass is 265 g/mol. The van der Waals surface area contributed by atoms with Crippen molar-refractivity contribution in [2.24, 2.45) is 5.73 Å². The van der Waals surface area contributed by atoms with Crippen molar-refractivity contribution >= 4 is 11.0 Å². The predicted molar refractivity (Wildman–Crippen MR) is 82.6 cm³/mol. The molecule has 0 aliphatic carbocycles. The molecule has 3 rings (SSSR count). The van der Waals surface area contributed by atoms with Gasteiger partial charge in [0.25, 0.3) is 0 Å². The zero-order valence-corrected chi connectivity index (χ0v) is 11.9. The number of aromatic nitrogens is 2. The normalized spacial score (nSPS) is 11.2. The Bertz CT molecular complexity index is 739. The molecule has 3 aromatic rings. The van der Waals surface area contributed by atoms with Crippen LogP contribution in [0, 0.1) is 13.8 Å². The van der Waals surface area contributed by atoms with E-state index in [0.29, 0.717) is 6.54 Å². The van der Waals surface area contributed by atoms with E-state index in [4.69, 9.17) is 5.73 Å². The van der Waals surface area contributed by atoms with Crippen molar-refractivity contribution in [3.05, 3.63) is 65.0 Å². The van der Waals surface area contributed by atoms with Crippen molar-refractivity contribution in [2.75, 3.05) is 0 Å². The third kappa shape index (κ3) is 2.32. The average Bonchev–Trinajstić information content (AvgIpc) is 2.78. The van der Waals surface area contributed by atoms with Gasteiger partial charge in [0, 0.05) is 6.54 Å². The first-order chi connectivity index (χ1) is 9.67. The van der Waals surface area contributed by atoms with Gasteiger partial charge < -0.3 is 10.3 Å². The summed E-state index contributed by atoms with van der Waals surface area (Å²) in [4.78, 5) is 4.64. The smallest absolute Gasteiger partial charge is 0.123 e. The van der Waals surface area contributed by atoms with Crippen LogP contribution < -0.4 is 5.73 Å². The van der Waals surface area contributed by atoms with E-state index in [0.717, 1.165) is 23.4 Å². The Hall–Kier alpha value is -2.13. The van der Waals surface area contributed by atoms with Gasteiger partial charge in [0.15, 0.2) is 0 Å². The average molecular weight is 265 g/mol. The summed E-state index contributed by atoms with van der Waals surface area (Å²) in [6, 6.07) is 15.0. The molecule has 1 heterocycles. The SMILES string of the molecule is Cc1ccc(Cn2c(CN)nc3cc(C)ccc32)cc1. The largest absolute Gasteiger partial charge is 0.324 e. The van der Waals surface area contributed by atoms with Gasteiger partial charge in [-0.1, -0.05) is 35.9 Å². The maximum atomic E-state index is 5.85. The van der Waals surface area contributed by atoms with Crippen molar-refractivity contribution in [3.63, 3.8) is 0 Å². The molecule has 0 spiro atoms. The van der Waals surface area contributed by atoms with E-state index < -0.39 is 0 Å². The summed E-state index contributed by atoms with van der Waals surface area (Å²) in [5.74, 6) is 0.936. The molecule has 2 aromatic carbocycles. The minimum Gasteiger partial charge on any atom is -0.324 e. The molecule has 0 radical (unpaired) electrons. The van der Waals surface area contributed by atoms with Crippen LogP contribution >= 0.6 is 0 Å². The van der Waals surface area contributed by atoms with E-state index in [9.17, 15) is 0 Å². The van der Waals surface area contributed by atoms with Crippen molar-refractivity contribution in [2.45, 2.75) is 26.9 Å². The van der Waals surface area contributed by atoms with Gasteiger partial charge in [-0.2, -0.15) is 0 Å². The quantitative estimate of drug-likeness (QED) is 0.790. The lowest BCUT2D eigenvalue weighted by Crippen LogP contribution is -2.09. The zero-order chi connectivity index (χ0) is 14.1. The third-order valence-electron chi connectivity index (χ3n) is 3.63. The first-order valence-corrected chi connectivity index (χ1v) is 6.89. The van der Waals surface area contributed by atoms with Gasteiger partial charge in [-0.25, -0.2) is 4.98 Å². The molecule has 0 atom stereocenters. The Balaban J connectivity index is 2.07. The molecule has 102 valence electrons. The molecular weight excluding hydrogens is 246 g/mol. The molecule has 0 unspecified atom stereocenters. The molecule has 3 nitrogen and oxygen atoms in total. The second kappa shape index (κ2) is 5.10. The van der Waals surface area contributed by atoms with Gasteiger partial charge >= 0.3 is 0 Å². The standard InChI is InChI=1S/C17H19N3/c1-12-3-6-14(7-4-12)11-20-16-8-5-13(2)9-15(16)19-17(20)10-18/h3-9H,10-11,18H2,1-2H3. The van der Waals surface area contributed by atoms with Gasteiger partial charge in [0.05, 0.1) is 17.6 Å². The zero-order valence-electron chi connectivity index (χ0n) is 11.9. The van der Waals surface area contributed by atoms with Crippen LogP contribution in [-0.2, 0) is 13.1 Å². The van der Waals surface area contributed by atoms with E-state index >= 15 is 0 Å². The Morgan fingerprint density at radius 3 is 2.40 bits per heavy atom. The lowest BCUT2D eigenvalue weighted by atomic mass is 10.1. The van der Waals surface area contributed by atoms with Crippen LogP contribution in [0.25, 0.3) is 11.0 Å². The number of rotatable bonds is 3. The van der Waals surface area contributed by atoms with E-state index in [1.807, 2.05) is 0 Å². The molecule has 0 aliphatic rings. The maximum absolute atomic E-state index is 5.85. The fraction of sp³-hybridized carbons (Fsp3) is 0.235. The Kier molecular flexibility index (Phi) is 3.28. The molecular formula is C17H19N3. The first kappa shape index (κ1) is 12.9. The highest BCUT2D eigenvalue weighted by Gasteiger charge is 2.09. The summed E-state index contributed by atoms with van der Waals surface area (Å²) in [5, 5.41) is 0. The van der Waals surface area contributed by atoms with Crippen LogP contribution in [0.15, 0.2) is 42.5 Å². The Morgan fingerprint density at radius 2 is 1.70 bits per heavy atom. The van der Waals surface area contributed by atoms with Gasteiger partial charge in [0.2, 0.25) is 0 Å². The number of benzene rings is 2. The number of nitrogens with zero attached hydrogens (tertiary/aromatic N) is 2. The van der Waals surface area contributed by atoms with Gasteiger partial charge in [-0.3, -0.25) is 0 Å². The summed E-state index contributed by atoms with van der Waals surface area (Å²) in [5.41, 5.74) is 11.8. The summed E-state index contributed by atoms with van der Waals surface area (Å²) < 4.78 is 2.21. The van der Waals surface area contributed by atoms with Crippen molar-refractivity contribution in [1.29, 1.82) is 0 Å². The van der Waals surface area contributed by atoms with E-state index in [1.165, 1.54) is 16.7 Å². The van der Waals surface area contributed by atoms with Crippen molar-refractivity contribution in [1.82, 2.24) is 9.55 Å². The number of fused-ring (bicyclic) bond motifs is 1. The molecule has 0 saturated carbocycles. The number of aryl methyl sites for hydroxylation is 2. The van der Waals surface area contributed by atoms with Crippen LogP contribution in [0.4, 0.5) is 0 Å². The molecule has 0 aliphatic heterocycles. The highest BCUT2D eigenvalue weighted by molar-refractivity contribution is 5.77. The Morgan fingerprint density at radius 1 is 1.00 bits per heavy atom. The molecule has 20 heavy (non-hydrogen) atoms. The fourth-order valence-corrected chi connectivity index (χ4v) is 2.50. The first-order valence-electron chi connectivity index (χ1n) is 6.89. The molecule has 2 N–H and O–H groups in total. The van der Waals surface area contributed by atoms with Crippen LogP contribution in [0.5, 0.6) is 0 Å². The minimum absolute atomic E-state index is 0.458. The molecule has 3 heteroatoms. The van der Waals surface area contributed by atoms with Crippen LogP contribution in [0.2, 0.25) is 0 Å². The second-order valence-electron chi connectivity index (χ2n) is 5.30. The Labute approximate surface area is 119 Å². The number of hydrogen-bond donors (Lipinski definition) is 1. The summed E-state index contributed by atoms with van der Waals surface area (Å²) in [6.07, 6.45) is 0. The van der Waals surface area contributed by atoms with Crippen molar-refractivity contribution in [3.8, 4) is 0 Å².